The van der Waals surface area contributed by atoms with Crippen LogP contribution in [0.1, 0.15) is 25.8 Å². The lowest BCUT2D eigenvalue weighted by Gasteiger charge is -2.37. The summed E-state index contributed by atoms with van der Waals surface area (Å²) < 4.78 is 0. The van der Waals surface area contributed by atoms with E-state index >= 15 is 0 Å². The summed E-state index contributed by atoms with van der Waals surface area (Å²) in [5, 5.41) is 3.34. The number of nitrogens with zero attached hydrogens (tertiary/aromatic N) is 2. The zero-order valence-corrected chi connectivity index (χ0v) is 12.1. The number of para-hydroxylation sites is 1. The van der Waals surface area contributed by atoms with E-state index in [1.54, 1.807) is 0 Å². The maximum Gasteiger partial charge on any atom is 0.0620 e. The number of nitrogens with one attached hydrogen (secondary N) is 1. The lowest BCUT2D eigenvalue weighted by Crippen LogP contribution is -2.33. The number of anilines is 3. The number of hydrogen-bond acceptors (Lipinski definition) is 3. The Kier molecular flexibility index (Phi) is 3.59. The molecule has 1 aliphatic rings. The van der Waals surface area contributed by atoms with Crippen LogP contribution in [0.3, 0.4) is 0 Å². The highest BCUT2D eigenvalue weighted by Gasteiger charge is 2.24. The van der Waals surface area contributed by atoms with Gasteiger partial charge < -0.3 is 10.2 Å². The van der Waals surface area contributed by atoms with Crippen LogP contribution in [0.5, 0.6) is 0 Å². The van der Waals surface area contributed by atoms with Gasteiger partial charge in [-0.15, -0.1) is 0 Å². The smallest absolute Gasteiger partial charge is 0.0620 e. The third kappa shape index (κ3) is 2.36. The van der Waals surface area contributed by atoms with Crippen LogP contribution >= 0.6 is 0 Å². The molecule has 0 fully saturated rings. The van der Waals surface area contributed by atoms with Gasteiger partial charge in [-0.1, -0.05) is 18.2 Å². The van der Waals surface area contributed by atoms with Gasteiger partial charge >= 0.3 is 0 Å². The van der Waals surface area contributed by atoms with Crippen molar-refractivity contribution in [1.82, 2.24) is 4.98 Å². The molecule has 0 bridgehead atoms. The molecule has 0 aliphatic carbocycles. The molecule has 104 valence electrons. The molecule has 0 spiro atoms. The lowest BCUT2D eigenvalue weighted by atomic mass is 9.96. The van der Waals surface area contributed by atoms with Gasteiger partial charge in [0.2, 0.25) is 0 Å². The summed E-state index contributed by atoms with van der Waals surface area (Å²) >= 11 is 0. The Balaban J connectivity index is 2.02. The van der Waals surface area contributed by atoms with Crippen LogP contribution in [0.15, 0.2) is 42.7 Å². The number of aromatic nitrogens is 1. The molecule has 0 radical (unpaired) electrons. The van der Waals surface area contributed by atoms with E-state index in [0.29, 0.717) is 6.04 Å². The quantitative estimate of drug-likeness (QED) is 0.911. The second-order valence-corrected chi connectivity index (χ2v) is 5.35. The van der Waals surface area contributed by atoms with E-state index in [1.807, 2.05) is 12.4 Å². The van der Waals surface area contributed by atoms with Crippen LogP contribution in [0.2, 0.25) is 0 Å². The van der Waals surface area contributed by atoms with Crippen LogP contribution in [0, 0.1) is 0 Å². The van der Waals surface area contributed by atoms with E-state index in [0.717, 1.165) is 18.7 Å². The first-order valence-electron chi connectivity index (χ1n) is 7.35. The monoisotopic (exact) mass is 267 g/mol. The van der Waals surface area contributed by atoms with Gasteiger partial charge in [-0.05, 0) is 44.4 Å². The first kappa shape index (κ1) is 13.0. The Morgan fingerprint density at radius 2 is 2.15 bits per heavy atom. The molecule has 1 aliphatic heterocycles. The maximum atomic E-state index is 4.38. The second-order valence-electron chi connectivity index (χ2n) is 5.35. The first-order chi connectivity index (χ1) is 9.79. The van der Waals surface area contributed by atoms with E-state index in [2.05, 4.69) is 59.4 Å². The topological polar surface area (TPSA) is 28.2 Å². The summed E-state index contributed by atoms with van der Waals surface area (Å²) in [5.74, 6) is 0. The summed E-state index contributed by atoms with van der Waals surface area (Å²) in [5.41, 5.74) is 5.00. The van der Waals surface area contributed by atoms with Crippen molar-refractivity contribution in [2.45, 2.75) is 32.7 Å². The fourth-order valence-corrected chi connectivity index (χ4v) is 2.94. The Morgan fingerprint density at radius 1 is 1.30 bits per heavy atom. The van der Waals surface area contributed by atoms with Gasteiger partial charge in [-0.2, -0.15) is 0 Å². The Labute approximate surface area is 120 Å². The van der Waals surface area contributed by atoms with Gasteiger partial charge in [0.05, 0.1) is 23.8 Å². The van der Waals surface area contributed by atoms with Gasteiger partial charge in [-0.25, -0.2) is 0 Å². The highest BCUT2D eigenvalue weighted by atomic mass is 15.2. The van der Waals surface area contributed by atoms with Crippen LogP contribution in [-0.2, 0) is 6.42 Å². The largest absolute Gasteiger partial charge is 0.384 e. The van der Waals surface area contributed by atoms with E-state index in [1.165, 1.54) is 23.4 Å². The minimum Gasteiger partial charge on any atom is -0.384 e. The Bertz CT molecular complexity index is 594. The van der Waals surface area contributed by atoms with Crippen molar-refractivity contribution in [1.29, 1.82) is 0 Å². The molecule has 1 N–H and O–H groups in total. The summed E-state index contributed by atoms with van der Waals surface area (Å²) in [6, 6.07) is 11.4. The summed E-state index contributed by atoms with van der Waals surface area (Å²) in [6.07, 6.45) is 6.18. The van der Waals surface area contributed by atoms with E-state index in [9.17, 15) is 0 Å². The van der Waals surface area contributed by atoms with Crippen LogP contribution in [-0.4, -0.2) is 17.6 Å². The molecule has 1 aromatic heterocycles. The SMILES string of the molecule is CCNc1cncc(N2c3ccccc3CCC2C)c1. The molecular weight excluding hydrogens is 246 g/mol. The molecule has 3 nitrogen and oxygen atoms in total. The zero-order chi connectivity index (χ0) is 13.9. The van der Waals surface area contributed by atoms with Crippen molar-refractivity contribution >= 4 is 17.1 Å². The summed E-state index contributed by atoms with van der Waals surface area (Å²) in [7, 11) is 0. The molecule has 0 amide bonds. The molecule has 1 atom stereocenters. The van der Waals surface area contributed by atoms with Crippen molar-refractivity contribution in [3.05, 3.63) is 48.3 Å². The molecule has 0 saturated heterocycles. The molecule has 3 rings (SSSR count). The van der Waals surface area contributed by atoms with Crippen molar-refractivity contribution < 1.29 is 0 Å². The molecule has 1 unspecified atom stereocenters. The minimum absolute atomic E-state index is 0.503. The summed E-state index contributed by atoms with van der Waals surface area (Å²) in [6.45, 7) is 5.30. The number of fused-ring (bicyclic) bond motifs is 1. The number of hydrogen-bond donors (Lipinski definition) is 1. The molecular formula is C17H21N3. The predicted molar refractivity (Wildman–Crippen MR) is 84.8 cm³/mol. The Hall–Kier alpha value is -2.03. The number of pyridine rings is 1. The van der Waals surface area contributed by atoms with E-state index in [4.69, 9.17) is 0 Å². The minimum atomic E-state index is 0.503. The van der Waals surface area contributed by atoms with Gasteiger partial charge in [-0.3, -0.25) is 4.98 Å². The van der Waals surface area contributed by atoms with Crippen molar-refractivity contribution in [3.63, 3.8) is 0 Å². The van der Waals surface area contributed by atoms with Crippen molar-refractivity contribution in [2.75, 3.05) is 16.8 Å². The van der Waals surface area contributed by atoms with Gasteiger partial charge in [0, 0.05) is 18.3 Å². The lowest BCUT2D eigenvalue weighted by molar-refractivity contribution is 0.617. The fourth-order valence-electron chi connectivity index (χ4n) is 2.94. The van der Waals surface area contributed by atoms with E-state index < -0.39 is 0 Å². The van der Waals surface area contributed by atoms with Crippen molar-refractivity contribution in [3.8, 4) is 0 Å². The van der Waals surface area contributed by atoms with Crippen molar-refractivity contribution in [2.24, 2.45) is 0 Å². The van der Waals surface area contributed by atoms with Gasteiger partial charge in [0.25, 0.3) is 0 Å². The normalized spacial score (nSPS) is 17.7. The molecule has 0 saturated carbocycles. The van der Waals surface area contributed by atoms with Crippen LogP contribution in [0.4, 0.5) is 17.1 Å². The average Bonchev–Trinajstić information content (AvgIpc) is 2.48. The van der Waals surface area contributed by atoms with Crippen LogP contribution in [0.25, 0.3) is 0 Å². The van der Waals surface area contributed by atoms with E-state index in [-0.39, 0.29) is 0 Å². The highest BCUT2D eigenvalue weighted by molar-refractivity contribution is 5.70. The standard InChI is InChI=1S/C17H21N3/c1-3-19-15-10-16(12-18-11-15)20-13(2)8-9-14-6-4-5-7-17(14)20/h4-7,10-13,19H,3,8-9H2,1-2H3. The average molecular weight is 267 g/mol. The first-order valence-corrected chi connectivity index (χ1v) is 7.35. The van der Waals surface area contributed by atoms with Crippen LogP contribution < -0.4 is 10.2 Å². The van der Waals surface area contributed by atoms with Gasteiger partial charge in [0.1, 0.15) is 0 Å². The maximum absolute atomic E-state index is 4.38. The number of rotatable bonds is 3. The predicted octanol–water partition coefficient (Wildman–Crippen LogP) is 3.99. The molecule has 2 aromatic rings. The second kappa shape index (κ2) is 5.53. The Morgan fingerprint density at radius 3 is 3.00 bits per heavy atom. The highest BCUT2D eigenvalue weighted by Crippen LogP contribution is 2.36. The van der Waals surface area contributed by atoms with Gasteiger partial charge in [0.15, 0.2) is 0 Å². The molecule has 1 aromatic carbocycles. The number of benzene rings is 1. The molecule has 3 heteroatoms. The molecule has 2 heterocycles. The third-order valence-corrected chi connectivity index (χ3v) is 3.91. The third-order valence-electron chi connectivity index (χ3n) is 3.91. The zero-order valence-electron chi connectivity index (χ0n) is 12.1. The summed E-state index contributed by atoms with van der Waals surface area (Å²) in [4.78, 5) is 6.79. The number of aryl methyl sites for hydroxylation is 1. The fraction of sp³-hybridized carbons (Fsp3) is 0.353. The molecule has 20 heavy (non-hydrogen) atoms.